The minimum absolute atomic E-state index is 0.0487. The number of H-pyrrole nitrogens is 1. The zero-order valence-corrected chi connectivity index (χ0v) is 11.7. The lowest BCUT2D eigenvalue weighted by Gasteiger charge is -2.09. The summed E-state index contributed by atoms with van der Waals surface area (Å²) in [6.45, 7) is 0. The molecule has 0 radical (unpaired) electrons. The van der Waals surface area contributed by atoms with Gasteiger partial charge in [0.1, 0.15) is 11.4 Å². The summed E-state index contributed by atoms with van der Waals surface area (Å²) in [6.07, 6.45) is 0. The van der Waals surface area contributed by atoms with Crippen LogP contribution in [0.15, 0.2) is 29.1 Å². The molecule has 8 heteroatoms. The number of rotatable bonds is 3. The highest BCUT2D eigenvalue weighted by atomic mass is 35.5. The molecule has 0 spiro atoms. The van der Waals surface area contributed by atoms with E-state index in [9.17, 15) is 9.59 Å². The maximum atomic E-state index is 11.9. The predicted octanol–water partition coefficient (Wildman–Crippen LogP) is 2.34. The number of nitrogens with zero attached hydrogens (tertiary/aromatic N) is 1. The highest BCUT2D eigenvalue weighted by Gasteiger charge is 2.13. The molecule has 1 aromatic carbocycles. The maximum Gasteiger partial charge on any atom is 0.276 e. The Morgan fingerprint density at radius 3 is 2.65 bits per heavy atom. The van der Waals surface area contributed by atoms with E-state index >= 15 is 0 Å². The van der Waals surface area contributed by atoms with Gasteiger partial charge in [0.25, 0.3) is 11.5 Å². The lowest BCUT2D eigenvalue weighted by atomic mass is 10.2. The van der Waals surface area contributed by atoms with Crippen LogP contribution in [0.5, 0.6) is 5.75 Å². The summed E-state index contributed by atoms with van der Waals surface area (Å²) in [4.78, 5) is 22.8. The number of halogens is 2. The largest absolute Gasteiger partial charge is 0.495 e. The van der Waals surface area contributed by atoms with Crippen LogP contribution in [0.4, 0.5) is 5.69 Å². The minimum atomic E-state index is -0.524. The first-order valence-corrected chi connectivity index (χ1v) is 6.17. The van der Waals surface area contributed by atoms with Crippen molar-refractivity contribution in [1.82, 2.24) is 10.2 Å². The van der Waals surface area contributed by atoms with Crippen LogP contribution in [0.2, 0.25) is 10.0 Å². The third-order valence-corrected chi connectivity index (χ3v) is 3.01. The number of hydrogen-bond donors (Lipinski definition) is 2. The molecular formula is C12H9Cl2N3O3. The molecule has 2 N–H and O–H groups in total. The van der Waals surface area contributed by atoms with Crippen LogP contribution in [0.3, 0.4) is 0 Å². The number of methoxy groups -OCH3 is 1. The van der Waals surface area contributed by atoms with E-state index < -0.39 is 11.5 Å². The van der Waals surface area contributed by atoms with Gasteiger partial charge >= 0.3 is 0 Å². The van der Waals surface area contributed by atoms with Crippen molar-refractivity contribution in [2.75, 3.05) is 12.4 Å². The van der Waals surface area contributed by atoms with Crippen molar-refractivity contribution >= 4 is 34.8 Å². The fourth-order valence-electron chi connectivity index (χ4n) is 1.44. The second-order valence-corrected chi connectivity index (χ2v) is 4.54. The standard InChI is InChI=1S/C12H9Cl2N3O3/c1-20-10-5-6(13)9(4-7(10)14)15-12(19)8-2-3-11(18)17-16-8/h2-5H,1H3,(H,15,19)(H,17,18). The Labute approximate surface area is 123 Å². The molecular weight excluding hydrogens is 305 g/mol. The number of carbonyl (C=O) groups is 1. The van der Waals surface area contributed by atoms with Gasteiger partial charge in [0.05, 0.1) is 22.8 Å². The van der Waals surface area contributed by atoms with E-state index in [0.29, 0.717) is 16.5 Å². The second-order valence-electron chi connectivity index (χ2n) is 3.73. The van der Waals surface area contributed by atoms with E-state index in [2.05, 4.69) is 15.5 Å². The Bertz CT molecular complexity index is 695. The topological polar surface area (TPSA) is 84.1 Å². The van der Waals surface area contributed by atoms with Gasteiger partial charge in [-0.25, -0.2) is 5.10 Å². The summed E-state index contributed by atoms with van der Waals surface area (Å²) in [7, 11) is 1.46. The van der Waals surface area contributed by atoms with E-state index in [1.807, 2.05) is 0 Å². The van der Waals surface area contributed by atoms with Crippen molar-refractivity contribution < 1.29 is 9.53 Å². The van der Waals surface area contributed by atoms with Crippen LogP contribution in [0.1, 0.15) is 10.5 Å². The van der Waals surface area contributed by atoms with Gasteiger partial charge in [-0.15, -0.1) is 0 Å². The smallest absolute Gasteiger partial charge is 0.276 e. The second kappa shape index (κ2) is 5.94. The molecule has 0 aliphatic rings. The SMILES string of the molecule is COc1cc(Cl)c(NC(=O)c2ccc(=O)[nH]n2)cc1Cl. The molecule has 0 aliphatic heterocycles. The summed E-state index contributed by atoms with van der Waals surface area (Å²) in [5.41, 5.74) is -0.0323. The molecule has 1 amide bonds. The fourth-order valence-corrected chi connectivity index (χ4v) is 1.88. The van der Waals surface area contributed by atoms with E-state index in [0.717, 1.165) is 0 Å². The number of nitrogens with one attached hydrogen (secondary N) is 2. The summed E-state index contributed by atoms with van der Waals surface area (Å²) in [5, 5.41) is 8.89. The van der Waals surface area contributed by atoms with Gasteiger partial charge in [-0.1, -0.05) is 23.2 Å². The number of carbonyl (C=O) groups excluding carboxylic acids is 1. The molecule has 2 rings (SSSR count). The van der Waals surface area contributed by atoms with Gasteiger partial charge in [0.2, 0.25) is 0 Å². The van der Waals surface area contributed by atoms with Gasteiger partial charge in [0, 0.05) is 12.1 Å². The minimum Gasteiger partial charge on any atom is -0.495 e. The first-order valence-electron chi connectivity index (χ1n) is 5.41. The van der Waals surface area contributed by atoms with Gasteiger partial charge in [-0.2, -0.15) is 5.10 Å². The molecule has 0 aliphatic carbocycles. The summed E-state index contributed by atoms with van der Waals surface area (Å²) >= 11 is 12.0. The number of amides is 1. The highest BCUT2D eigenvalue weighted by molar-refractivity contribution is 6.36. The molecule has 0 fully saturated rings. The van der Waals surface area contributed by atoms with Crippen LogP contribution in [0.25, 0.3) is 0 Å². The molecule has 0 saturated heterocycles. The Hall–Kier alpha value is -2.05. The summed E-state index contributed by atoms with van der Waals surface area (Å²) in [6, 6.07) is 5.45. The normalized spacial score (nSPS) is 10.2. The molecule has 0 unspecified atom stereocenters. The Kier molecular flexibility index (Phi) is 4.26. The van der Waals surface area contributed by atoms with Crippen LogP contribution in [-0.4, -0.2) is 23.2 Å². The number of ether oxygens (including phenoxy) is 1. The van der Waals surface area contributed by atoms with Crippen molar-refractivity contribution in [2.45, 2.75) is 0 Å². The zero-order chi connectivity index (χ0) is 14.7. The van der Waals surface area contributed by atoms with E-state index in [1.54, 1.807) is 0 Å². The van der Waals surface area contributed by atoms with Crippen molar-refractivity contribution in [2.24, 2.45) is 0 Å². The molecule has 104 valence electrons. The molecule has 1 heterocycles. The molecule has 0 atom stereocenters. The molecule has 0 saturated carbocycles. The average Bonchev–Trinajstić information content (AvgIpc) is 2.43. The van der Waals surface area contributed by atoms with E-state index in [-0.39, 0.29) is 10.7 Å². The number of aromatic nitrogens is 2. The van der Waals surface area contributed by atoms with Crippen molar-refractivity contribution in [3.63, 3.8) is 0 Å². The summed E-state index contributed by atoms with van der Waals surface area (Å²) < 4.78 is 5.00. The van der Waals surface area contributed by atoms with Gasteiger partial charge in [-0.3, -0.25) is 9.59 Å². The fraction of sp³-hybridized carbons (Fsp3) is 0.0833. The highest BCUT2D eigenvalue weighted by Crippen LogP contribution is 2.34. The third-order valence-electron chi connectivity index (χ3n) is 2.40. The first-order chi connectivity index (χ1) is 9.51. The number of benzene rings is 1. The zero-order valence-electron chi connectivity index (χ0n) is 10.2. The van der Waals surface area contributed by atoms with Gasteiger partial charge < -0.3 is 10.1 Å². The van der Waals surface area contributed by atoms with Gasteiger partial charge in [-0.05, 0) is 12.1 Å². The van der Waals surface area contributed by atoms with Crippen LogP contribution < -0.4 is 15.6 Å². The number of aromatic amines is 1. The lowest BCUT2D eigenvalue weighted by Crippen LogP contribution is -2.17. The van der Waals surface area contributed by atoms with Crippen LogP contribution >= 0.6 is 23.2 Å². The predicted molar refractivity (Wildman–Crippen MR) is 75.8 cm³/mol. The van der Waals surface area contributed by atoms with Crippen molar-refractivity contribution in [3.8, 4) is 5.75 Å². The monoisotopic (exact) mass is 313 g/mol. The first kappa shape index (κ1) is 14.4. The third kappa shape index (κ3) is 3.09. The van der Waals surface area contributed by atoms with Crippen LogP contribution in [0, 0.1) is 0 Å². The molecule has 6 nitrogen and oxygen atoms in total. The summed E-state index contributed by atoms with van der Waals surface area (Å²) in [5.74, 6) is -0.124. The Morgan fingerprint density at radius 1 is 1.30 bits per heavy atom. The van der Waals surface area contributed by atoms with E-state index in [1.165, 1.54) is 31.4 Å². The van der Waals surface area contributed by atoms with E-state index in [4.69, 9.17) is 27.9 Å². The number of hydrogen-bond acceptors (Lipinski definition) is 4. The lowest BCUT2D eigenvalue weighted by molar-refractivity contribution is 0.102. The average molecular weight is 314 g/mol. The Morgan fingerprint density at radius 2 is 2.05 bits per heavy atom. The molecule has 1 aromatic heterocycles. The van der Waals surface area contributed by atoms with Crippen molar-refractivity contribution in [3.05, 3.63) is 50.4 Å². The Balaban J connectivity index is 2.26. The molecule has 2 aromatic rings. The van der Waals surface area contributed by atoms with Gasteiger partial charge in [0.15, 0.2) is 0 Å². The quantitative estimate of drug-likeness (QED) is 0.911. The molecule has 0 bridgehead atoms. The van der Waals surface area contributed by atoms with Crippen molar-refractivity contribution in [1.29, 1.82) is 0 Å². The number of anilines is 1. The maximum absolute atomic E-state index is 11.9. The molecule has 20 heavy (non-hydrogen) atoms. The van der Waals surface area contributed by atoms with Crippen LogP contribution in [-0.2, 0) is 0 Å².